The van der Waals surface area contributed by atoms with Gasteiger partial charge >= 0.3 is 0 Å². The normalized spacial score (nSPS) is 27.1. The standard InChI is InChI=1S/C20H25ClN4O3S2/c1-4-16-10-20(17-9-18(21)29-19(17)14(2)13-28-20)5-6-24(16)11-15-12-25(23-22-15)7-8-30(3,26)27/h1,9,12,14,16H,5-8,10-11,13H2,2-3H3/t14?,16-,20?/m0/s1. The quantitative estimate of drug-likeness (QED) is 0.628. The summed E-state index contributed by atoms with van der Waals surface area (Å²) in [6, 6.07) is 1.95. The molecule has 0 N–H and O–H groups in total. The van der Waals surface area contributed by atoms with Crippen LogP contribution in [0.15, 0.2) is 12.3 Å². The first-order valence-electron chi connectivity index (χ1n) is 9.90. The Labute approximate surface area is 186 Å². The third-order valence-corrected chi connectivity index (χ3v) is 8.30. The molecule has 0 amide bonds. The maximum Gasteiger partial charge on any atom is 0.149 e. The number of aromatic nitrogens is 3. The van der Waals surface area contributed by atoms with E-state index in [0.29, 0.717) is 32.0 Å². The largest absolute Gasteiger partial charge is 0.369 e. The number of piperidine rings is 1. The second kappa shape index (κ2) is 8.24. The molecule has 30 heavy (non-hydrogen) atoms. The molecule has 2 aromatic rings. The molecular formula is C20H25ClN4O3S2. The fourth-order valence-corrected chi connectivity index (χ4v) is 6.16. The first-order chi connectivity index (χ1) is 14.2. The lowest BCUT2D eigenvalue weighted by Crippen LogP contribution is -2.51. The van der Waals surface area contributed by atoms with Crippen LogP contribution in [0.4, 0.5) is 0 Å². The summed E-state index contributed by atoms with van der Waals surface area (Å²) in [4.78, 5) is 3.52. The van der Waals surface area contributed by atoms with E-state index in [1.54, 1.807) is 22.2 Å². The lowest BCUT2D eigenvalue weighted by molar-refractivity contribution is -0.113. The van der Waals surface area contributed by atoms with Crippen molar-refractivity contribution in [2.45, 2.75) is 50.4 Å². The van der Waals surface area contributed by atoms with Crippen LogP contribution in [0.5, 0.6) is 0 Å². The van der Waals surface area contributed by atoms with Crippen LogP contribution in [0.2, 0.25) is 4.34 Å². The zero-order chi connectivity index (χ0) is 21.5. The number of fused-ring (bicyclic) bond motifs is 2. The SMILES string of the molecule is C#C[C@H]1CC2(CCN1Cc1cn(CCS(C)(=O)=O)nn1)OCC(C)c1sc(Cl)cc12. The average molecular weight is 469 g/mol. The Hall–Kier alpha value is -1.44. The van der Waals surface area contributed by atoms with Crippen LogP contribution in [-0.4, -0.2) is 59.5 Å². The first kappa shape index (κ1) is 21.8. The zero-order valence-corrected chi connectivity index (χ0v) is 19.4. The molecule has 0 saturated carbocycles. The molecule has 162 valence electrons. The maximum absolute atomic E-state index is 11.4. The lowest BCUT2D eigenvalue weighted by Gasteiger charge is -2.47. The summed E-state index contributed by atoms with van der Waals surface area (Å²) < 4.78 is 31.5. The summed E-state index contributed by atoms with van der Waals surface area (Å²) in [5, 5.41) is 8.24. The van der Waals surface area contributed by atoms with Gasteiger partial charge in [0.05, 0.1) is 40.6 Å². The summed E-state index contributed by atoms with van der Waals surface area (Å²) >= 11 is 7.98. The number of sulfone groups is 1. The van der Waals surface area contributed by atoms with Crippen molar-refractivity contribution in [1.29, 1.82) is 0 Å². The molecule has 0 bridgehead atoms. The fourth-order valence-electron chi connectivity index (χ4n) is 4.27. The van der Waals surface area contributed by atoms with E-state index in [1.807, 2.05) is 6.07 Å². The van der Waals surface area contributed by atoms with Crippen molar-refractivity contribution in [3.63, 3.8) is 0 Å². The van der Waals surface area contributed by atoms with Gasteiger partial charge < -0.3 is 4.74 Å². The highest BCUT2D eigenvalue weighted by Gasteiger charge is 2.46. The van der Waals surface area contributed by atoms with Gasteiger partial charge in [0.1, 0.15) is 9.84 Å². The molecule has 2 aliphatic heterocycles. The van der Waals surface area contributed by atoms with Crippen molar-refractivity contribution >= 4 is 32.8 Å². The highest BCUT2D eigenvalue weighted by atomic mass is 35.5. The summed E-state index contributed by atoms with van der Waals surface area (Å²) in [5.41, 5.74) is 1.59. The number of aryl methyl sites for hydroxylation is 1. The van der Waals surface area contributed by atoms with Gasteiger partial charge in [-0.3, -0.25) is 9.58 Å². The number of likely N-dealkylation sites (tertiary alicyclic amines) is 1. The van der Waals surface area contributed by atoms with Gasteiger partial charge in [-0.2, -0.15) is 0 Å². The van der Waals surface area contributed by atoms with Crippen LogP contribution in [0.1, 0.15) is 41.8 Å². The third-order valence-electron chi connectivity index (χ3n) is 5.88. The number of ether oxygens (including phenoxy) is 1. The smallest absolute Gasteiger partial charge is 0.149 e. The molecule has 0 radical (unpaired) electrons. The number of nitrogens with zero attached hydrogens (tertiary/aromatic N) is 4. The molecule has 0 aromatic carbocycles. The summed E-state index contributed by atoms with van der Waals surface area (Å²) in [5.74, 6) is 3.31. The average Bonchev–Trinajstić information content (AvgIpc) is 3.31. The van der Waals surface area contributed by atoms with E-state index in [2.05, 4.69) is 28.1 Å². The van der Waals surface area contributed by atoms with Crippen LogP contribution in [-0.2, 0) is 33.3 Å². The third kappa shape index (κ3) is 4.43. The summed E-state index contributed by atoms with van der Waals surface area (Å²) in [7, 11) is -3.04. The number of hydrogen-bond acceptors (Lipinski definition) is 7. The minimum atomic E-state index is -3.04. The van der Waals surface area contributed by atoms with Gasteiger partial charge in [-0.15, -0.1) is 22.9 Å². The Kier molecular flexibility index (Phi) is 5.99. The molecule has 4 rings (SSSR count). The van der Waals surface area contributed by atoms with E-state index in [-0.39, 0.29) is 17.4 Å². The summed E-state index contributed by atoms with van der Waals surface area (Å²) in [6.07, 6.45) is 10.5. The zero-order valence-electron chi connectivity index (χ0n) is 17.0. The number of thiophene rings is 1. The molecular weight excluding hydrogens is 444 g/mol. The Morgan fingerprint density at radius 3 is 3.03 bits per heavy atom. The van der Waals surface area contributed by atoms with E-state index in [4.69, 9.17) is 22.8 Å². The topological polar surface area (TPSA) is 77.3 Å². The molecule has 1 saturated heterocycles. The number of hydrogen-bond donors (Lipinski definition) is 0. The van der Waals surface area contributed by atoms with Gasteiger partial charge in [0.25, 0.3) is 0 Å². The molecule has 2 unspecified atom stereocenters. The fraction of sp³-hybridized carbons (Fsp3) is 0.600. The Balaban J connectivity index is 1.47. The molecule has 3 atom stereocenters. The lowest BCUT2D eigenvalue weighted by atomic mass is 9.78. The van der Waals surface area contributed by atoms with Gasteiger partial charge in [-0.05, 0) is 18.1 Å². The van der Waals surface area contributed by atoms with Crippen LogP contribution in [0.25, 0.3) is 0 Å². The number of halogens is 1. The monoisotopic (exact) mass is 468 g/mol. The Morgan fingerprint density at radius 2 is 2.30 bits per heavy atom. The highest BCUT2D eigenvalue weighted by molar-refractivity contribution is 7.90. The molecule has 2 aliphatic rings. The van der Waals surface area contributed by atoms with Crippen molar-refractivity contribution in [3.05, 3.63) is 32.7 Å². The molecule has 2 aromatic heterocycles. The van der Waals surface area contributed by atoms with Crippen LogP contribution in [0.3, 0.4) is 0 Å². The van der Waals surface area contributed by atoms with Gasteiger partial charge in [0.2, 0.25) is 0 Å². The van der Waals surface area contributed by atoms with Gasteiger partial charge in [-0.1, -0.05) is 29.7 Å². The predicted octanol–water partition coefficient (Wildman–Crippen LogP) is 2.66. The second-order valence-corrected chi connectivity index (χ2v) is 12.2. The van der Waals surface area contributed by atoms with Crippen LogP contribution < -0.4 is 0 Å². The van der Waals surface area contributed by atoms with E-state index >= 15 is 0 Å². The highest BCUT2D eigenvalue weighted by Crippen LogP contribution is 2.50. The Bertz CT molecular complexity index is 1070. The minimum Gasteiger partial charge on any atom is -0.369 e. The second-order valence-electron chi connectivity index (χ2n) is 8.24. The van der Waals surface area contributed by atoms with E-state index in [1.165, 1.54) is 16.7 Å². The summed E-state index contributed by atoms with van der Waals surface area (Å²) in [6.45, 7) is 4.47. The molecule has 1 fully saturated rings. The van der Waals surface area contributed by atoms with Crippen molar-refractivity contribution in [1.82, 2.24) is 19.9 Å². The van der Waals surface area contributed by atoms with Gasteiger partial charge in [0, 0.05) is 42.8 Å². The first-order valence-corrected chi connectivity index (χ1v) is 13.2. The van der Waals surface area contributed by atoms with Crippen LogP contribution >= 0.6 is 22.9 Å². The minimum absolute atomic E-state index is 0.0380. The van der Waals surface area contributed by atoms with E-state index < -0.39 is 9.84 Å². The van der Waals surface area contributed by atoms with Crippen molar-refractivity contribution in [2.75, 3.05) is 25.2 Å². The predicted molar refractivity (Wildman–Crippen MR) is 117 cm³/mol. The van der Waals surface area contributed by atoms with Gasteiger partial charge in [-0.25, -0.2) is 8.42 Å². The van der Waals surface area contributed by atoms with Gasteiger partial charge in [0.15, 0.2) is 0 Å². The maximum atomic E-state index is 11.4. The number of rotatable bonds is 5. The number of terminal acetylenes is 1. The molecule has 0 aliphatic carbocycles. The van der Waals surface area contributed by atoms with Crippen molar-refractivity contribution < 1.29 is 13.2 Å². The van der Waals surface area contributed by atoms with E-state index in [0.717, 1.165) is 23.0 Å². The Morgan fingerprint density at radius 1 is 1.50 bits per heavy atom. The van der Waals surface area contributed by atoms with Crippen molar-refractivity contribution in [2.24, 2.45) is 0 Å². The van der Waals surface area contributed by atoms with Crippen molar-refractivity contribution in [3.8, 4) is 12.3 Å². The molecule has 10 heteroatoms. The molecule has 7 nitrogen and oxygen atoms in total. The van der Waals surface area contributed by atoms with E-state index in [9.17, 15) is 8.42 Å². The molecule has 4 heterocycles. The van der Waals surface area contributed by atoms with Crippen LogP contribution in [0, 0.1) is 12.3 Å². The molecule has 1 spiro atoms.